The van der Waals surface area contributed by atoms with E-state index in [2.05, 4.69) is 10.5 Å². The monoisotopic (exact) mass is 360 g/mol. The number of hydrogen-bond acceptors (Lipinski definition) is 5. The Hall–Kier alpha value is -2.77. The van der Waals surface area contributed by atoms with Crippen LogP contribution in [-0.2, 0) is 6.54 Å². The molecule has 8 nitrogen and oxygen atoms in total. The van der Waals surface area contributed by atoms with Crippen LogP contribution in [0.25, 0.3) is 0 Å². The maximum absolute atomic E-state index is 12.5. The van der Waals surface area contributed by atoms with Gasteiger partial charge < -0.3 is 24.1 Å². The minimum atomic E-state index is -0.178. The number of likely N-dealkylation sites (tertiary alicyclic amines) is 1. The first kappa shape index (κ1) is 18.0. The Bertz CT molecular complexity index is 749. The molecule has 0 bridgehead atoms. The standard InChI is InChI=1S/C18H24N4O4/c1-12-15(13(2)26-20-12)11-21(3)18(24)19-14-6-4-8-22(10-14)17(23)16-7-5-9-25-16/h5,7,9,14H,4,6,8,10-11H2,1-3H3,(H,19,24)/t14-/m1/s1. The zero-order valence-electron chi connectivity index (χ0n) is 15.3. The minimum absolute atomic E-state index is 0.0812. The molecule has 0 saturated carbocycles. The van der Waals surface area contributed by atoms with Gasteiger partial charge in [0.15, 0.2) is 5.76 Å². The van der Waals surface area contributed by atoms with Crippen molar-refractivity contribution in [3.8, 4) is 0 Å². The Morgan fingerprint density at radius 1 is 1.42 bits per heavy atom. The van der Waals surface area contributed by atoms with Crippen LogP contribution >= 0.6 is 0 Å². The molecule has 1 aliphatic rings. The van der Waals surface area contributed by atoms with Crippen molar-refractivity contribution in [1.29, 1.82) is 0 Å². The van der Waals surface area contributed by atoms with Crippen molar-refractivity contribution in [3.05, 3.63) is 41.2 Å². The van der Waals surface area contributed by atoms with Crippen LogP contribution in [-0.4, -0.2) is 53.1 Å². The highest BCUT2D eigenvalue weighted by molar-refractivity contribution is 5.91. The van der Waals surface area contributed by atoms with Crippen LogP contribution in [0.2, 0.25) is 0 Å². The summed E-state index contributed by atoms with van der Waals surface area (Å²) in [6, 6.07) is 3.09. The second-order valence-corrected chi connectivity index (χ2v) is 6.68. The summed E-state index contributed by atoms with van der Waals surface area (Å²) in [6.45, 7) is 5.26. The van der Waals surface area contributed by atoms with Crippen molar-refractivity contribution in [2.75, 3.05) is 20.1 Å². The van der Waals surface area contributed by atoms with Gasteiger partial charge >= 0.3 is 6.03 Å². The number of carbonyl (C=O) groups excluding carboxylic acids is 2. The SMILES string of the molecule is Cc1noc(C)c1CN(C)C(=O)N[C@@H]1CCCN(C(=O)c2ccco2)C1. The Morgan fingerprint density at radius 2 is 2.23 bits per heavy atom. The predicted molar refractivity (Wildman–Crippen MR) is 93.6 cm³/mol. The first-order chi connectivity index (χ1) is 12.5. The summed E-state index contributed by atoms with van der Waals surface area (Å²) in [7, 11) is 1.73. The Labute approximate surface area is 152 Å². The molecule has 1 saturated heterocycles. The second kappa shape index (κ2) is 7.63. The first-order valence-electron chi connectivity index (χ1n) is 8.72. The fraction of sp³-hybridized carbons (Fsp3) is 0.500. The second-order valence-electron chi connectivity index (χ2n) is 6.68. The van der Waals surface area contributed by atoms with Crippen LogP contribution in [0, 0.1) is 13.8 Å². The third-order valence-corrected chi connectivity index (χ3v) is 4.69. The molecule has 3 rings (SSSR count). The average Bonchev–Trinajstić information content (AvgIpc) is 3.27. The Balaban J connectivity index is 1.56. The molecule has 3 heterocycles. The van der Waals surface area contributed by atoms with Gasteiger partial charge in [-0.05, 0) is 38.8 Å². The number of amides is 3. The van der Waals surface area contributed by atoms with Gasteiger partial charge in [-0.25, -0.2) is 4.79 Å². The fourth-order valence-electron chi connectivity index (χ4n) is 3.16. The number of nitrogens with zero attached hydrogens (tertiary/aromatic N) is 3. The average molecular weight is 360 g/mol. The number of aryl methyl sites for hydroxylation is 2. The molecule has 0 radical (unpaired) electrons. The van der Waals surface area contributed by atoms with E-state index in [4.69, 9.17) is 8.94 Å². The van der Waals surface area contributed by atoms with Crippen molar-refractivity contribution in [1.82, 2.24) is 20.3 Å². The molecule has 1 N–H and O–H groups in total. The predicted octanol–water partition coefficient (Wildman–Crippen LogP) is 2.33. The van der Waals surface area contributed by atoms with E-state index >= 15 is 0 Å². The smallest absolute Gasteiger partial charge is 0.317 e. The first-order valence-corrected chi connectivity index (χ1v) is 8.72. The summed E-state index contributed by atoms with van der Waals surface area (Å²) >= 11 is 0. The molecule has 2 aromatic heterocycles. The molecule has 8 heteroatoms. The van der Waals surface area contributed by atoms with Gasteiger partial charge in [-0.1, -0.05) is 5.16 Å². The minimum Gasteiger partial charge on any atom is -0.459 e. The molecule has 140 valence electrons. The van der Waals surface area contributed by atoms with Crippen molar-refractivity contribution in [2.24, 2.45) is 0 Å². The number of nitrogens with one attached hydrogen (secondary N) is 1. The van der Waals surface area contributed by atoms with Gasteiger partial charge in [0.25, 0.3) is 5.91 Å². The van der Waals surface area contributed by atoms with Gasteiger partial charge in [0.05, 0.1) is 18.5 Å². The van der Waals surface area contributed by atoms with Crippen molar-refractivity contribution >= 4 is 11.9 Å². The molecule has 2 aromatic rings. The van der Waals surface area contributed by atoms with Crippen LogP contribution in [0.3, 0.4) is 0 Å². The maximum atomic E-state index is 12.5. The summed E-state index contributed by atoms with van der Waals surface area (Å²) in [6.07, 6.45) is 3.16. The van der Waals surface area contributed by atoms with Gasteiger partial charge in [-0.2, -0.15) is 0 Å². The van der Waals surface area contributed by atoms with Crippen molar-refractivity contribution < 1.29 is 18.5 Å². The summed E-state index contributed by atoms with van der Waals surface area (Å²) in [5, 5.41) is 6.92. The number of urea groups is 1. The van der Waals surface area contributed by atoms with E-state index in [-0.39, 0.29) is 18.0 Å². The third kappa shape index (κ3) is 3.89. The molecule has 0 aliphatic carbocycles. The topological polar surface area (TPSA) is 91.8 Å². The van der Waals surface area contributed by atoms with Crippen molar-refractivity contribution in [2.45, 2.75) is 39.3 Å². The molecule has 0 aromatic carbocycles. The largest absolute Gasteiger partial charge is 0.459 e. The highest BCUT2D eigenvalue weighted by Gasteiger charge is 2.27. The lowest BCUT2D eigenvalue weighted by molar-refractivity contribution is 0.0663. The van der Waals surface area contributed by atoms with E-state index in [1.54, 1.807) is 29.0 Å². The van der Waals surface area contributed by atoms with E-state index in [0.29, 0.717) is 25.4 Å². The van der Waals surface area contributed by atoms with Gasteiger partial charge in [0, 0.05) is 31.7 Å². The lowest BCUT2D eigenvalue weighted by Crippen LogP contribution is -2.52. The zero-order valence-corrected chi connectivity index (χ0v) is 15.3. The molecular weight excluding hydrogens is 336 g/mol. The summed E-state index contributed by atoms with van der Waals surface area (Å²) in [4.78, 5) is 28.2. The molecule has 26 heavy (non-hydrogen) atoms. The van der Waals surface area contributed by atoms with Gasteiger partial charge in [0.2, 0.25) is 0 Å². The lowest BCUT2D eigenvalue weighted by atomic mass is 10.1. The molecular formula is C18H24N4O4. The zero-order chi connectivity index (χ0) is 18.7. The summed E-state index contributed by atoms with van der Waals surface area (Å²) in [5.74, 6) is 0.903. The van der Waals surface area contributed by atoms with Crippen LogP contribution in [0.15, 0.2) is 27.3 Å². The highest BCUT2D eigenvalue weighted by atomic mass is 16.5. The van der Waals surface area contributed by atoms with Gasteiger partial charge in [-0.3, -0.25) is 4.79 Å². The maximum Gasteiger partial charge on any atom is 0.317 e. The number of hydrogen-bond donors (Lipinski definition) is 1. The van der Waals surface area contributed by atoms with Crippen LogP contribution in [0.5, 0.6) is 0 Å². The number of piperidine rings is 1. The molecule has 1 aliphatic heterocycles. The van der Waals surface area contributed by atoms with Crippen LogP contribution in [0.1, 0.15) is 40.4 Å². The van der Waals surface area contributed by atoms with E-state index in [0.717, 1.165) is 29.9 Å². The van der Waals surface area contributed by atoms with Crippen molar-refractivity contribution in [3.63, 3.8) is 0 Å². The third-order valence-electron chi connectivity index (χ3n) is 4.69. The number of aromatic nitrogens is 1. The molecule has 1 atom stereocenters. The van der Waals surface area contributed by atoms with Gasteiger partial charge in [0.1, 0.15) is 5.76 Å². The number of furan rings is 1. The van der Waals surface area contributed by atoms with E-state index in [9.17, 15) is 9.59 Å². The highest BCUT2D eigenvalue weighted by Crippen LogP contribution is 2.16. The lowest BCUT2D eigenvalue weighted by Gasteiger charge is -2.33. The number of rotatable bonds is 4. The van der Waals surface area contributed by atoms with E-state index < -0.39 is 0 Å². The van der Waals surface area contributed by atoms with E-state index in [1.165, 1.54) is 6.26 Å². The summed E-state index contributed by atoms with van der Waals surface area (Å²) < 4.78 is 10.3. The van der Waals surface area contributed by atoms with Crippen LogP contribution in [0.4, 0.5) is 4.79 Å². The normalized spacial score (nSPS) is 17.2. The Kier molecular flexibility index (Phi) is 5.29. The molecule has 3 amide bonds. The Morgan fingerprint density at radius 3 is 2.88 bits per heavy atom. The number of carbonyl (C=O) groups is 2. The fourth-order valence-corrected chi connectivity index (χ4v) is 3.16. The molecule has 1 fully saturated rings. The molecule has 0 spiro atoms. The summed E-state index contributed by atoms with van der Waals surface area (Å²) in [5.41, 5.74) is 1.70. The quantitative estimate of drug-likeness (QED) is 0.903. The molecule has 0 unspecified atom stereocenters. The van der Waals surface area contributed by atoms with E-state index in [1.807, 2.05) is 13.8 Å². The van der Waals surface area contributed by atoms with Gasteiger partial charge in [-0.15, -0.1) is 0 Å². The van der Waals surface area contributed by atoms with Crippen LogP contribution < -0.4 is 5.32 Å².